The maximum atomic E-state index is 11.8. The molecule has 0 spiro atoms. The number of rotatable bonds is 10. The first kappa shape index (κ1) is 19.7. The number of aromatic amines is 1. The van der Waals surface area contributed by atoms with Crippen LogP contribution < -0.4 is 11.2 Å². The number of methoxy groups -OCH3 is 2. The van der Waals surface area contributed by atoms with Crippen molar-refractivity contribution < 1.29 is 33.3 Å². The molecule has 1 rings (SSSR count). The van der Waals surface area contributed by atoms with Crippen LogP contribution in [0.4, 0.5) is 0 Å². The fourth-order valence-corrected chi connectivity index (χ4v) is 1.96. The van der Waals surface area contributed by atoms with Crippen molar-refractivity contribution >= 4 is 7.60 Å². The van der Waals surface area contributed by atoms with Gasteiger partial charge < -0.3 is 28.7 Å². The Balaban J connectivity index is 2.91. The Bertz CT molecular complexity index is 637. The number of hydrogen-bond donors (Lipinski definition) is 3. The molecule has 11 nitrogen and oxygen atoms in total. The molecule has 3 N–H and O–H groups in total. The van der Waals surface area contributed by atoms with Crippen LogP contribution in [0.3, 0.4) is 0 Å². The van der Waals surface area contributed by atoms with Gasteiger partial charge in [-0.05, 0) is 0 Å². The standard InChI is InChI=1S/C11H19N2O9P/c1-19-5-9(13-4-3-8(14)12-11(13)15)22-10(6-20-2)21-7-23(16,17)18/h3-4,9-10H,5-7H2,1-2H3,(H,12,14,15)(H2,16,17,18)/t9-,10+/m1/s1. The van der Waals surface area contributed by atoms with E-state index >= 15 is 0 Å². The van der Waals surface area contributed by atoms with E-state index in [1.54, 1.807) is 0 Å². The number of nitrogens with one attached hydrogen (secondary N) is 1. The Labute approximate surface area is 130 Å². The second-order valence-electron chi connectivity index (χ2n) is 4.41. The zero-order valence-corrected chi connectivity index (χ0v) is 13.5. The van der Waals surface area contributed by atoms with E-state index in [9.17, 15) is 14.2 Å². The Morgan fingerprint density at radius 1 is 1.26 bits per heavy atom. The third-order valence-corrected chi connectivity index (χ3v) is 3.00. The molecule has 0 aliphatic rings. The van der Waals surface area contributed by atoms with Gasteiger partial charge in [-0.3, -0.25) is 18.9 Å². The van der Waals surface area contributed by atoms with Crippen LogP contribution in [0.5, 0.6) is 0 Å². The monoisotopic (exact) mass is 354 g/mol. The molecule has 1 aromatic rings. The Morgan fingerprint density at radius 2 is 1.91 bits per heavy atom. The Hall–Kier alpha value is -1.33. The second-order valence-corrected chi connectivity index (χ2v) is 6.00. The molecular formula is C11H19N2O9P. The predicted octanol–water partition coefficient (Wildman–Crippen LogP) is -1.18. The maximum Gasteiger partial charge on any atom is 0.351 e. The van der Waals surface area contributed by atoms with Crippen LogP contribution in [0, 0.1) is 0 Å². The average molecular weight is 354 g/mol. The van der Waals surface area contributed by atoms with Crippen molar-refractivity contribution in [3.63, 3.8) is 0 Å². The van der Waals surface area contributed by atoms with Gasteiger partial charge >= 0.3 is 13.3 Å². The zero-order chi connectivity index (χ0) is 17.5. The lowest BCUT2D eigenvalue weighted by atomic mass is 10.5. The summed E-state index contributed by atoms with van der Waals surface area (Å²) in [5.74, 6) is 0. The molecule has 0 aromatic carbocycles. The first-order valence-electron chi connectivity index (χ1n) is 6.38. The van der Waals surface area contributed by atoms with Gasteiger partial charge in [0.1, 0.15) is 0 Å². The molecule has 1 aromatic heterocycles. The van der Waals surface area contributed by atoms with E-state index in [4.69, 9.17) is 28.7 Å². The van der Waals surface area contributed by atoms with Gasteiger partial charge in [-0.25, -0.2) is 4.79 Å². The summed E-state index contributed by atoms with van der Waals surface area (Å²) in [4.78, 5) is 42.6. The third kappa shape index (κ3) is 7.18. The number of hydrogen-bond acceptors (Lipinski definition) is 7. The van der Waals surface area contributed by atoms with Crippen molar-refractivity contribution in [3.8, 4) is 0 Å². The molecule has 0 fully saturated rings. The number of nitrogens with zero attached hydrogens (tertiary/aromatic N) is 1. The van der Waals surface area contributed by atoms with Gasteiger partial charge in [0, 0.05) is 26.5 Å². The SMILES string of the molecule is COC[C@@H](OCP(=O)(O)O)O[C@H](COC)n1ccc(=O)[nH]c1=O. The van der Waals surface area contributed by atoms with Crippen LogP contribution in [0.15, 0.2) is 21.9 Å². The van der Waals surface area contributed by atoms with Gasteiger partial charge in [0.2, 0.25) is 0 Å². The highest BCUT2D eigenvalue weighted by atomic mass is 31.2. The minimum Gasteiger partial charge on any atom is -0.380 e. The number of aromatic nitrogens is 2. The van der Waals surface area contributed by atoms with Gasteiger partial charge in [-0.2, -0.15) is 0 Å². The molecule has 0 aliphatic carbocycles. The lowest BCUT2D eigenvalue weighted by Gasteiger charge is -2.25. The average Bonchev–Trinajstić information content (AvgIpc) is 2.44. The molecule has 0 saturated carbocycles. The summed E-state index contributed by atoms with van der Waals surface area (Å²) in [7, 11) is -1.68. The highest BCUT2D eigenvalue weighted by molar-refractivity contribution is 7.51. The normalized spacial score (nSPS) is 14.6. The van der Waals surface area contributed by atoms with Gasteiger partial charge in [0.25, 0.3) is 5.56 Å². The Kier molecular flexibility index (Phi) is 7.79. The molecule has 0 unspecified atom stereocenters. The van der Waals surface area contributed by atoms with Crippen molar-refractivity contribution in [2.75, 3.05) is 33.8 Å². The summed E-state index contributed by atoms with van der Waals surface area (Å²) in [6.07, 6.45) is -1.83. The molecule has 12 heteroatoms. The van der Waals surface area contributed by atoms with Crippen LogP contribution in [-0.4, -0.2) is 59.4 Å². The zero-order valence-electron chi connectivity index (χ0n) is 12.6. The lowest BCUT2D eigenvalue weighted by molar-refractivity contribution is -0.213. The largest absolute Gasteiger partial charge is 0.380 e. The summed E-state index contributed by atoms with van der Waals surface area (Å²) in [5, 5.41) is 0. The summed E-state index contributed by atoms with van der Waals surface area (Å²) in [6, 6.07) is 1.12. The fraction of sp³-hybridized carbons (Fsp3) is 0.636. The second kappa shape index (κ2) is 9.08. The first-order valence-corrected chi connectivity index (χ1v) is 8.17. The predicted molar refractivity (Wildman–Crippen MR) is 77.0 cm³/mol. The summed E-state index contributed by atoms with van der Waals surface area (Å²) < 4.78 is 32.1. The molecule has 0 bridgehead atoms. The van der Waals surface area contributed by atoms with Crippen LogP contribution in [0.1, 0.15) is 6.23 Å². The van der Waals surface area contributed by atoms with Crippen molar-refractivity contribution in [1.82, 2.24) is 9.55 Å². The number of ether oxygens (including phenoxy) is 4. The van der Waals surface area contributed by atoms with Gasteiger partial charge in [0.05, 0.1) is 13.2 Å². The van der Waals surface area contributed by atoms with Crippen LogP contribution in [-0.2, 0) is 23.5 Å². The molecule has 23 heavy (non-hydrogen) atoms. The molecule has 0 saturated heterocycles. The van der Waals surface area contributed by atoms with Gasteiger partial charge in [0.15, 0.2) is 18.9 Å². The molecule has 0 amide bonds. The van der Waals surface area contributed by atoms with Crippen LogP contribution in [0.2, 0.25) is 0 Å². The van der Waals surface area contributed by atoms with Crippen LogP contribution in [0.25, 0.3) is 0 Å². The quantitative estimate of drug-likeness (QED) is 0.348. The van der Waals surface area contributed by atoms with E-state index in [0.717, 1.165) is 10.6 Å². The minimum absolute atomic E-state index is 0.0779. The maximum absolute atomic E-state index is 11.8. The van der Waals surface area contributed by atoms with E-state index in [1.807, 2.05) is 0 Å². The van der Waals surface area contributed by atoms with E-state index in [0.29, 0.717) is 0 Å². The van der Waals surface area contributed by atoms with Crippen molar-refractivity contribution in [3.05, 3.63) is 33.1 Å². The summed E-state index contributed by atoms with van der Waals surface area (Å²) >= 11 is 0. The van der Waals surface area contributed by atoms with E-state index in [1.165, 1.54) is 20.4 Å². The Morgan fingerprint density at radius 3 is 2.43 bits per heavy atom. The molecule has 0 radical (unpaired) electrons. The third-order valence-electron chi connectivity index (χ3n) is 2.51. The van der Waals surface area contributed by atoms with Crippen molar-refractivity contribution in [2.24, 2.45) is 0 Å². The molecule has 0 aliphatic heterocycles. The van der Waals surface area contributed by atoms with E-state index < -0.39 is 37.7 Å². The molecule has 1 heterocycles. The van der Waals surface area contributed by atoms with Crippen LogP contribution >= 0.6 is 7.60 Å². The van der Waals surface area contributed by atoms with Gasteiger partial charge in [-0.15, -0.1) is 0 Å². The highest BCUT2D eigenvalue weighted by Gasteiger charge is 2.23. The lowest BCUT2D eigenvalue weighted by Crippen LogP contribution is -2.37. The van der Waals surface area contributed by atoms with Crippen molar-refractivity contribution in [2.45, 2.75) is 12.5 Å². The smallest absolute Gasteiger partial charge is 0.351 e. The topological polar surface area (TPSA) is 149 Å². The highest BCUT2D eigenvalue weighted by Crippen LogP contribution is 2.34. The van der Waals surface area contributed by atoms with Crippen molar-refractivity contribution in [1.29, 1.82) is 0 Å². The first-order chi connectivity index (χ1) is 10.8. The fourth-order valence-electron chi connectivity index (χ4n) is 1.60. The molecular weight excluding hydrogens is 335 g/mol. The molecule has 2 atom stereocenters. The summed E-state index contributed by atoms with van der Waals surface area (Å²) in [6.45, 7) is -0.218. The molecule has 132 valence electrons. The van der Waals surface area contributed by atoms with Gasteiger partial charge in [-0.1, -0.05) is 0 Å². The van der Waals surface area contributed by atoms with E-state index in [2.05, 4.69) is 4.98 Å². The minimum atomic E-state index is -4.40. The van der Waals surface area contributed by atoms with E-state index in [-0.39, 0.29) is 13.2 Å². The summed E-state index contributed by atoms with van der Waals surface area (Å²) in [5.41, 5.74) is -1.31. The number of H-pyrrole nitrogens is 1.